The van der Waals surface area contributed by atoms with Crippen LogP contribution < -0.4 is 5.73 Å². The number of carbonyl (C=O) groups excluding carboxylic acids is 2. The maximum Gasteiger partial charge on any atom is 0.224 e. The summed E-state index contributed by atoms with van der Waals surface area (Å²) in [6, 6.07) is 4.25. The van der Waals surface area contributed by atoms with Crippen molar-refractivity contribution in [1.82, 2.24) is 14.4 Å². The van der Waals surface area contributed by atoms with Crippen LogP contribution in [0.3, 0.4) is 0 Å². The smallest absolute Gasteiger partial charge is 0.224 e. The van der Waals surface area contributed by atoms with Gasteiger partial charge in [0.25, 0.3) is 0 Å². The number of amides is 2. The molecular formula is C18H28N4O2. The van der Waals surface area contributed by atoms with Crippen molar-refractivity contribution in [2.24, 2.45) is 11.7 Å². The molecule has 1 aromatic heterocycles. The Hall–Kier alpha value is -1.82. The van der Waals surface area contributed by atoms with Crippen LogP contribution in [0.1, 0.15) is 32.1 Å². The number of aromatic nitrogens is 1. The Balaban J connectivity index is 1.54. The van der Waals surface area contributed by atoms with E-state index in [0.717, 1.165) is 45.4 Å². The predicted molar refractivity (Wildman–Crippen MR) is 92.1 cm³/mol. The highest BCUT2D eigenvalue weighted by molar-refractivity contribution is 5.78. The lowest BCUT2D eigenvalue weighted by atomic mass is 9.83. The molecule has 3 heterocycles. The van der Waals surface area contributed by atoms with Crippen LogP contribution in [0.4, 0.5) is 0 Å². The van der Waals surface area contributed by atoms with Gasteiger partial charge in [0.1, 0.15) is 0 Å². The Labute approximate surface area is 143 Å². The molecule has 2 saturated heterocycles. The molecular weight excluding hydrogens is 304 g/mol. The topological polar surface area (TPSA) is 71.6 Å². The number of piperidine rings is 2. The lowest BCUT2D eigenvalue weighted by Gasteiger charge is -2.47. The summed E-state index contributed by atoms with van der Waals surface area (Å²) in [4.78, 5) is 28.7. The van der Waals surface area contributed by atoms with Crippen LogP contribution in [0.5, 0.6) is 0 Å². The van der Waals surface area contributed by atoms with Crippen LogP contribution in [-0.2, 0) is 16.1 Å². The predicted octanol–water partition coefficient (Wildman–Crippen LogP) is 1.07. The normalized spacial score (nSPS) is 24.1. The number of hydrogen-bond acceptors (Lipinski definition) is 3. The Morgan fingerprint density at radius 1 is 1.21 bits per heavy atom. The first-order valence-electron chi connectivity index (χ1n) is 9.07. The molecule has 24 heavy (non-hydrogen) atoms. The minimum absolute atomic E-state index is 0.229. The van der Waals surface area contributed by atoms with Crippen LogP contribution >= 0.6 is 0 Å². The van der Waals surface area contributed by atoms with E-state index in [0.29, 0.717) is 31.3 Å². The van der Waals surface area contributed by atoms with E-state index in [9.17, 15) is 9.59 Å². The molecule has 0 radical (unpaired) electrons. The molecule has 132 valence electrons. The summed E-state index contributed by atoms with van der Waals surface area (Å²) in [5.41, 5.74) is 5.60. The molecule has 0 aromatic carbocycles. The third kappa shape index (κ3) is 3.80. The van der Waals surface area contributed by atoms with Crippen molar-refractivity contribution in [2.45, 2.75) is 44.7 Å². The number of nitrogens with two attached hydrogens (primary N) is 1. The third-order valence-corrected chi connectivity index (χ3v) is 5.35. The fourth-order valence-corrected chi connectivity index (χ4v) is 4.03. The highest BCUT2D eigenvalue weighted by Gasteiger charge is 2.39. The molecule has 2 aliphatic rings. The Kier molecular flexibility index (Phi) is 5.56. The van der Waals surface area contributed by atoms with Crippen LogP contribution in [-0.4, -0.2) is 58.4 Å². The summed E-state index contributed by atoms with van der Waals surface area (Å²) in [6.45, 7) is 3.67. The molecule has 2 aliphatic heterocycles. The Morgan fingerprint density at radius 3 is 2.75 bits per heavy atom. The van der Waals surface area contributed by atoms with Gasteiger partial charge >= 0.3 is 0 Å². The van der Waals surface area contributed by atoms with Gasteiger partial charge in [-0.2, -0.15) is 0 Å². The molecule has 6 heteroatoms. The first-order chi connectivity index (χ1) is 11.7. The zero-order valence-corrected chi connectivity index (χ0v) is 14.3. The molecule has 0 bridgehead atoms. The van der Waals surface area contributed by atoms with E-state index in [-0.39, 0.29) is 11.8 Å². The Bertz CT molecular complexity index is 557. The second kappa shape index (κ2) is 7.83. The second-order valence-corrected chi connectivity index (χ2v) is 6.89. The summed E-state index contributed by atoms with van der Waals surface area (Å²) >= 11 is 0. The molecule has 2 atom stereocenters. The molecule has 1 aromatic rings. The number of likely N-dealkylation sites (tertiary alicyclic amines) is 2. The zero-order valence-electron chi connectivity index (χ0n) is 14.3. The summed E-state index contributed by atoms with van der Waals surface area (Å²) in [5.74, 6) is 0.911. The van der Waals surface area contributed by atoms with E-state index in [1.807, 2.05) is 38.9 Å². The summed E-state index contributed by atoms with van der Waals surface area (Å²) in [7, 11) is 0. The molecule has 6 nitrogen and oxygen atoms in total. The van der Waals surface area contributed by atoms with Crippen LogP contribution in [0.25, 0.3) is 0 Å². The summed E-state index contributed by atoms with van der Waals surface area (Å²) in [5, 5.41) is 0. The lowest BCUT2D eigenvalue weighted by Crippen LogP contribution is -2.57. The molecule has 0 aliphatic carbocycles. The molecule has 0 unspecified atom stereocenters. The molecule has 2 amide bonds. The van der Waals surface area contributed by atoms with Gasteiger partial charge in [0.2, 0.25) is 11.8 Å². The van der Waals surface area contributed by atoms with E-state index in [1.54, 1.807) is 0 Å². The second-order valence-electron chi connectivity index (χ2n) is 6.89. The average molecular weight is 332 g/mol. The molecule has 2 fully saturated rings. The number of nitrogens with zero attached hydrogens (tertiary/aromatic N) is 3. The van der Waals surface area contributed by atoms with E-state index >= 15 is 0 Å². The van der Waals surface area contributed by atoms with Gasteiger partial charge in [-0.25, -0.2) is 0 Å². The van der Waals surface area contributed by atoms with E-state index in [2.05, 4.69) is 0 Å². The van der Waals surface area contributed by atoms with Crippen molar-refractivity contribution in [3.63, 3.8) is 0 Å². The van der Waals surface area contributed by atoms with Gasteiger partial charge in [-0.3, -0.25) is 9.59 Å². The largest absolute Gasteiger partial charge is 0.354 e. The van der Waals surface area contributed by atoms with E-state index in [1.165, 1.54) is 0 Å². The zero-order chi connectivity index (χ0) is 16.9. The van der Waals surface area contributed by atoms with Gasteiger partial charge in [-0.15, -0.1) is 0 Å². The first kappa shape index (κ1) is 17.0. The van der Waals surface area contributed by atoms with Gasteiger partial charge in [0.15, 0.2) is 0 Å². The quantitative estimate of drug-likeness (QED) is 0.847. The van der Waals surface area contributed by atoms with Gasteiger partial charge in [0, 0.05) is 57.5 Å². The molecule has 0 spiro atoms. The fourth-order valence-electron chi connectivity index (χ4n) is 4.03. The number of carbonyl (C=O) groups is 2. The van der Waals surface area contributed by atoms with Gasteiger partial charge in [-0.1, -0.05) is 0 Å². The SMILES string of the molecule is NCCCN1C(=O)CC[C@H]2CN(C(=O)CCn3cccc3)CC[C@H]21. The highest BCUT2D eigenvalue weighted by atomic mass is 16.2. The first-order valence-corrected chi connectivity index (χ1v) is 9.07. The standard InChI is InChI=1S/C18H28N4O2/c19-8-3-11-22-16-6-13-21(14-15(16)4-5-18(22)24)17(23)7-12-20-9-1-2-10-20/h1-2,9-10,15-16H,3-8,11-14,19H2/t15-,16+/m0/s1. The fraction of sp³-hybridized carbons (Fsp3) is 0.667. The van der Waals surface area contributed by atoms with Crippen molar-refractivity contribution < 1.29 is 9.59 Å². The third-order valence-electron chi connectivity index (χ3n) is 5.35. The molecule has 3 rings (SSSR count). The number of aryl methyl sites for hydroxylation is 1. The molecule has 0 saturated carbocycles. The van der Waals surface area contributed by atoms with Crippen molar-refractivity contribution in [3.8, 4) is 0 Å². The minimum atomic E-state index is 0.229. The van der Waals surface area contributed by atoms with Gasteiger partial charge < -0.3 is 20.1 Å². The lowest BCUT2D eigenvalue weighted by molar-refractivity contribution is -0.144. The number of fused-ring (bicyclic) bond motifs is 1. The van der Waals surface area contributed by atoms with Crippen LogP contribution in [0.2, 0.25) is 0 Å². The maximum absolute atomic E-state index is 12.5. The summed E-state index contributed by atoms with van der Waals surface area (Å²) < 4.78 is 2.04. The van der Waals surface area contributed by atoms with Crippen LogP contribution in [0.15, 0.2) is 24.5 Å². The van der Waals surface area contributed by atoms with E-state index in [4.69, 9.17) is 5.73 Å². The summed E-state index contributed by atoms with van der Waals surface area (Å²) in [6.07, 6.45) is 7.79. The van der Waals surface area contributed by atoms with Crippen LogP contribution in [0, 0.1) is 5.92 Å². The maximum atomic E-state index is 12.5. The van der Waals surface area contributed by atoms with E-state index < -0.39 is 0 Å². The van der Waals surface area contributed by atoms with Crippen molar-refractivity contribution in [1.29, 1.82) is 0 Å². The number of hydrogen-bond donors (Lipinski definition) is 1. The van der Waals surface area contributed by atoms with Gasteiger partial charge in [0.05, 0.1) is 0 Å². The Morgan fingerprint density at radius 2 is 2.00 bits per heavy atom. The van der Waals surface area contributed by atoms with Gasteiger partial charge in [-0.05, 0) is 43.9 Å². The number of rotatable bonds is 6. The molecule has 2 N–H and O–H groups in total. The van der Waals surface area contributed by atoms with Crippen molar-refractivity contribution >= 4 is 11.8 Å². The minimum Gasteiger partial charge on any atom is -0.354 e. The van der Waals surface area contributed by atoms with Crippen molar-refractivity contribution in [3.05, 3.63) is 24.5 Å². The highest BCUT2D eigenvalue weighted by Crippen LogP contribution is 2.31. The monoisotopic (exact) mass is 332 g/mol. The van der Waals surface area contributed by atoms with Crippen molar-refractivity contribution in [2.75, 3.05) is 26.2 Å². The average Bonchev–Trinajstić information content (AvgIpc) is 3.12.